The fraction of sp³-hybridized carbons (Fsp3) is 0.641. The molecule has 1 N–H and O–H groups in total. The summed E-state index contributed by atoms with van der Waals surface area (Å²) < 4.78 is 32.3. The van der Waals surface area contributed by atoms with Gasteiger partial charge in [-0.2, -0.15) is 0 Å². The van der Waals surface area contributed by atoms with Gasteiger partial charge in [-0.25, -0.2) is 8.51 Å². The van der Waals surface area contributed by atoms with Crippen LogP contribution in [-0.4, -0.2) is 59.4 Å². The van der Waals surface area contributed by atoms with Crippen LogP contribution in [0, 0.1) is 27.1 Å². The van der Waals surface area contributed by atoms with Crippen LogP contribution >= 0.6 is 21.6 Å². The van der Waals surface area contributed by atoms with Crippen LogP contribution in [0.4, 0.5) is 5.69 Å². The molecule has 7 rings (SSSR count). The average molecular weight is 742 g/mol. The van der Waals surface area contributed by atoms with Gasteiger partial charge in [-0.1, -0.05) is 128 Å². The molecule has 0 radical (unpaired) electrons. The number of fused-ring (bicyclic) bond motifs is 5. The fourth-order valence-corrected chi connectivity index (χ4v) is 13.5. The summed E-state index contributed by atoms with van der Waals surface area (Å²) in [5.41, 5.74) is 0.290. The van der Waals surface area contributed by atoms with Crippen molar-refractivity contribution in [3.05, 3.63) is 59.7 Å². The number of carbonyl (C=O) groups excluding carboxylic acids is 2. The highest BCUT2D eigenvalue weighted by molar-refractivity contribution is 8.78. The van der Waals surface area contributed by atoms with Gasteiger partial charge in [0.2, 0.25) is 0 Å². The van der Waals surface area contributed by atoms with Crippen LogP contribution in [0.5, 0.6) is 5.75 Å². The third kappa shape index (κ3) is 4.51. The summed E-state index contributed by atoms with van der Waals surface area (Å²) >= 11 is -2.45. The van der Waals surface area contributed by atoms with Gasteiger partial charge >= 0.3 is 0 Å². The van der Waals surface area contributed by atoms with E-state index in [-0.39, 0.29) is 45.3 Å². The van der Waals surface area contributed by atoms with Crippen LogP contribution in [0.15, 0.2) is 48.5 Å². The number of anilines is 1. The zero-order chi connectivity index (χ0) is 37.4. The first-order chi connectivity index (χ1) is 22.8. The van der Waals surface area contributed by atoms with Crippen molar-refractivity contribution in [3.63, 3.8) is 0 Å². The number of hydrogen-bond donors (Lipinski definition) is 1. The zero-order valence-corrected chi connectivity index (χ0v) is 34.6. The number of carbonyl (C=O) groups is 2. The van der Waals surface area contributed by atoms with E-state index in [4.69, 9.17) is 4.74 Å². The minimum atomic E-state index is -2.45. The lowest BCUT2D eigenvalue weighted by molar-refractivity contribution is -0.185. The number of likely N-dealkylation sites (N-methyl/N-ethyl adjacent to an activating group) is 1. The Kier molecular flexibility index (Phi) is 8.37. The number of benzene rings is 2. The van der Waals surface area contributed by atoms with Crippen LogP contribution in [0.2, 0.25) is 0 Å². The summed E-state index contributed by atoms with van der Waals surface area (Å²) in [6, 6.07) is 15.5. The minimum Gasteiger partial charge on any atom is -0.487 e. The Bertz CT molecular complexity index is 1760. The van der Waals surface area contributed by atoms with Crippen molar-refractivity contribution in [1.29, 1.82) is 0 Å². The van der Waals surface area contributed by atoms with Crippen molar-refractivity contribution in [3.8, 4) is 5.75 Å². The molecule has 5 heterocycles. The predicted molar refractivity (Wildman–Crippen MR) is 206 cm³/mol. The molecular formula is C39H55N3O5S3. The number of ether oxygens (including phenoxy) is 1. The van der Waals surface area contributed by atoms with Crippen molar-refractivity contribution >= 4 is 50.4 Å². The molecule has 50 heavy (non-hydrogen) atoms. The van der Waals surface area contributed by atoms with Gasteiger partial charge in [0.05, 0.1) is 11.1 Å². The van der Waals surface area contributed by atoms with Gasteiger partial charge in [0.1, 0.15) is 17.5 Å². The van der Waals surface area contributed by atoms with Crippen LogP contribution in [0.3, 0.4) is 0 Å². The Morgan fingerprint density at radius 2 is 1.38 bits per heavy atom. The molecule has 2 aromatic carbocycles. The van der Waals surface area contributed by atoms with E-state index in [1.54, 1.807) is 11.9 Å². The smallest absolute Gasteiger partial charge is 0.263 e. The average Bonchev–Trinajstić information content (AvgIpc) is 3.47. The third-order valence-corrected chi connectivity index (χ3v) is 19.1. The molecule has 4 fully saturated rings. The maximum absolute atomic E-state index is 14.1. The maximum Gasteiger partial charge on any atom is 0.263 e. The molecule has 5 atom stereocenters. The van der Waals surface area contributed by atoms with Crippen molar-refractivity contribution in [1.82, 2.24) is 9.80 Å². The highest BCUT2D eigenvalue weighted by atomic mass is 33.1. The molecule has 2 aromatic rings. The van der Waals surface area contributed by atoms with Gasteiger partial charge in [0, 0.05) is 18.9 Å². The summed E-state index contributed by atoms with van der Waals surface area (Å²) in [6.07, 6.45) is -0.580. The van der Waals surface area contributed by atoms with E-state index in [1.165, 1.54) is 30.8 Å². The lowest BCUT2D eigenvalue weighted by atomic mass is 9.41. The summed E-state index contributed by atoms with van der Waals surface area (Å²) in [4.78, 5) is 30.1. The quantitative estimate of drug-likeness (QED) is 0.214. The molecular weight excluding hydrogens is 687 g/mol. The van der Waals surface area contributed by atoms with Crippen LogP contribution in [-0.2, 0) is 26.3 Å². The molecule has 1 unspecified atom stereocenters. The second-order valence-electron chi connectivity index (χ2n) is 18.4. The highest BCUT2D eigenvalue weighted by Crippen LogP contribution is 2.69. The van der Waals surface area contributed by atoms with E-state index < -0.39 is 38.7 Å². The Labute approximate surface area is 309 Å². The summed E-state index contributed by atoms with van der Waals surface area (Å²) in [7, 11) is 4.47. The van der Waals surface area contributed by atoms with E-state index in [0.717, 1.165) is 11.1 Å². The lowest BCUT2D eigenvalue weighted by Crippen LogP contribution is -2.71. The molecule has 4 saturated heterocycles. The highest BCUT2D eigenvalue weighted by Gasteiger charge is 2.76. The minimum absolute atomic E-state index is 0.000273. The monoisotopic (exact) mass is 741 g/mol. The van der Waals surface area contributed by atoms with E-state index in [9.17, 15) is 18.4 Å². The number of hydrogen-bond acceptors (Lipinski definition) is 6. The van der Waals surface area contributed by atoms with Crippen molar-refractivity contribution < 1.29 is 23.1 Å². The van der Waals surface area contributed by atoms with E-state index in [1.807, 2.05) is 48.5 Å². The van der Waals surface area contributed by atoms with Gasteiger partial charge in [-0.3, -0.25) is 19.0 Å². The summed E-state index contributed by atoms with van der Waals surface area (Å²) in [5, 5.41) is -0.688. The molecule has 1 spiro atoms. The number of piperazine rings is 1. The standard InChI is InChI=1S/C39H55N3O5S3/c1-32(2,3)33(4,5)34(6,7)35(8,9)36(10,11)37(12,13)47-25-21-19-24(20-22-25)38-23-39-31(44)40(14)29(48-49-39)28(43)41(39)30(38)42(50(45)46)27-18-16-15-17-26(27)38/h15-22,29-30H,23H2,1-14H3,(H,45,46)/t29-,30-,38-,39-/m0/s1. The third-order valence-electron chi connectivity index (χ3n) is 15.1. The molecule has 0 saturated carbocycles. The Hall–Kier alpha value is -2.21. The van der Waals surface area contributed by atoms with Gasteiger partial charge in [0.25, 0.3) is 23.1 Å². The molecule has 8 nitrogen and oxygen atoms in total. The van der Waals surface area contributed by atoms with Gasteiger partial charge in [-0.15, -0.1) is 0 Å². The SMILES string of the molecule is CN1C(=O)[C@@]23C[C@]4(c5ccc(OC(C)(C)C(C)(C)C(C)(C)C(C)(C)C(C)(C)C(C)(C)C)cc5)c5ccccc5N(S(=O)O)[C@@H]4N2C(=O)[C@@H]1SS3. The molecule has 0 aromatic heterocycles. The molecule has 0 aliphatic carbocycles. The molecule has 274 valence electrons. The Morgan fingerprint density at radius 1 is 0.820 bits per heavy atom. The number of nitrogens with zero attached hydrogens (tertiary/aromatic N) is 3. The number of amides is 2. The lowest BCUT2D eigenvalue weighted by Gasteiger charge is -2.65. The largest absolute Gasteiger partial charge is 0.487 e. The van der Waals surface area contributed by atoms with E-state index in [0.29, 0.717) is 11.4 Å². The topological polar surface area (TPSA) is 90.4 Å². The molecule has 5 aliphatic heterocycles. The van der Waals surface area contributed by atoms with Crippen molar-refractivity contribution in [2.45, 2.75) is 124 Å². The second-order valence-corrected chi connectivity index (χ2v) is 21.8. The van der Waals surface area contributed by atoms with Crippen molar-refractivity contribution in [2.24, 2.45) is 27.1 Å². The normalized spacial score (nSPS) is 27.8. The van der Waals surface area contributed by atoms with Gasteiger partial charge in [0.15, 0.2) is 10.2 Å². The van der Waals surface area contributed by atoms with Crippen molar-refractivity contribution in [2.75, 3.05) is 11.4 Å². The van der Waals surface area contributed by atoms with E-state index in [2.05, 4.69) is 90.0 Å². The first-order valence-corrected chi connectivity index (χ1v) is 20.8. The number of para-hydroxylation sites is 1. The maximum atomic E-state index is 14.1. The molecule has 11 heteroatoms. The molecule has 5 aliphatic rings. The summed E-state index contributed by atoms with van der Waals surface area (Å²) in [5.74, 6) is 0.351. The van der Waals surface area contributed by atoms with E-state index >= 15 is 0 Å². The summed E-state index contributed by atoms with van der Waals surface area (Å²) in [6.45, 7) is 30.3. The van der Waals surface area contributed by atoms with Gasteiger partial charge in [-0.05, 0) is 64.8 Å². The van der Waals surface area contributed by atoms with Gasteiger partial charge < -0.3 is 9.64 Å². The van der Waals surface area contributed by atoms with Crippen LogP contribution in [0.1, 0.15) is 108 Å². The predicted octanol–water partition coefficient (Wildman–Crippen LogP) is 8.69. The Balaban J connectivity index is 1.41. The van der Waals surface area contributed by atoms with Crippen LogP contribution < -0.4 is 9.04 Å². The van der Waals surface area contributed by atoms with Crippen LogP contribution in [0.25, 0.3) is 0 Å². The fourth-order valence-electron chi connectivity index (χ4n) is 9.24. The number of rotatable bonds is 8. The Morgan fingerprint density at radius 3 is 1.94 bits per heavy atom. The first kappa shape index (κ1) is 37.5. The first-order valence-electron chi connectivity index (χ1n) is 17.5. The molecule has 2 amide bonds. The molecule has 2 bridgehead atoms. The zero-order valence-electron chi connectivity index (χ0n) is 32.1. The second kappa shape index (κ2) is 11.2.